The number of piperidine rings is 1. The normalized spacial score (nSPS) is 28.3. The van der Waals surface area contributed by atoms with Gasteiger partial charge in [0.2, 0.25) is 0 Å². The Morgan fingerprint density at radius 3 is 2.56 bits per heavy atom. The standard InChI is InChI=1S/C11H19F3N2/c12-11(13,14)3-6-16-8-9-7-10(9)1-4-15-5-2-10/h9,15-16H,1-8H2. The van der Waals surface area contributed by atoms with Gasteiger partial charge in [-0.05, 0) is 50.2 Å². The monoisotopic (exact) mass is 236 g/mol. The molecule has 1 spiro atoms. The van der Waals surface area contributed by atoms with Gasteiger partial charge in [-0.2, -0.15) is 13.2 Å². The van der Waals surface area contributed by atoms with Crippen LogP contribution in [0.4, 0.5) is 13.2 Å². The van der Waals surface area contributed by atoms with Crippen LogP contribution in [0.1, 0.15) is 25.7 Å². The molecule has 0 amide bonds. The van der Waals surface area contributed by atoms with Gasteiger partial charge in [-0.15, -0.1) is 0 Å². The molecule has 16 heavy (non-hydrogen) atoms. The lowest BCUT2D eigenvalue weighted by Crippen LogP contribution is -2.32. The van der Waals surface area contributed by atoms with E-state index in [2.05, 4.69) is 10.6 Å². The Morgan fingerprint density at radius 1 is 1.25 bits per heavy atom. The van der Waals surface area contributed by atoms with Crippen LogP contribution >= 0.6 is 0 Å². The van der Waals surface area contributed by atoms with E-state index in [0.29, 0.717) is 11.3 Å². The van der Waals surface area contributed by atoms with Crippen molar-refractivity contribution in [3.05, 3.63) is 0 Å². The fraction of sp³-hybridized carbons (Fsp3) is 1.00. The van der Waals surface area contributed by atoms with Crippen LogP contribution in [0.25, 0.3) is 0 Å². The average Bonchev–Trinajstić information content (AvgIpc) is 2.86. The van der Waals surface area contributed by atoms with Gasteiger partial charge < -0.3 is 10.6 Å². The Morgan fingerprint density at radius 2 is 1.94 bits per heavy atom. The molecule has 1 saturated heterocycles. The molecule has 1 saturated carbocycles. The average molecular weight is 236 g/mol. The highest BCUT2D eigenvalue weighted by molar-refractivity contribution is 5.04. The van der Waals surface area contributed by atoms with E-state index in [4.69, 9.17) is 0 Å². The second-order valence-corrected chi connectivity index (χ2v) is 5.08. The molecule has 0 aromatic heterocycles. The number of nitrogens with one attached hydrogen (secondary N) is 2. The molecule has 2 rings (SSSR count). The van der Waals surface area contributed by atoms with E-state index >= 15 is 0 Å². The molecule has 1 atom stereocenters. The minimum atomic E-state index is -4.02. The largest absolute Gasteiger partial charge is 0.390 e. The van der Waals surface area contributed by atoms with Gasteiger partial charge in [0, 0.05) is 6.54 Å². The van der Waals surface area contributed by atoms with Crippen molar-refractivity contribution < 1.29 is 13.2 Å². The lowest BCUT2D eigenvalue weighted by Gasteiger charge is -2.23. The first-order valence-corrected chi connectivity index (χ1v) is 6.00. The zero-order chi connectivity index (χ0) is 11.6. The fourth-order valence-corrected chi connectivity index (χ4v) is 2.76. The molecule has 2 nitrogen and oxygen atoms in total. The molecule has 2 fully saturated rings. The van der Waals surface area contributed by atoms with Crippen molar-refractivity contribution in [3.63, 3.8) is 0 Å². The molecule has 0 radical (unpaired) electrons. The van der Waals surface area contributed by atoms with Gasteiger partial charge in [0.25, 0.3) is 0 Å². The Kier molecular flexibility index (Phi) is 3.45. The molecular formula is C11H19F3N2. The van der Waals surface area contributed by atoms with E-state index in [-0.39, 0.29) is 6.54 Å². The minimum Gasteiger partial charge on any atom is -0.317 e. The van der Waals surface area contributed by atoms with Gasteiger partial charge >= 0.3 is 6.18 Å². The van der Waals surface area contributed by atoms with E-state index in [0.717, 1.165) is 19.6 Å². The Hall–Kier alpha value is -0.290. The molecule has 94 valence electrons. The lowest BCUT2D eigenvalue weighted by atomic mass is 9.92. The molecule has 1 aliphatic carbocycles. The summed E-state index contributed by atoms with van der Waals surface area (Å²) in [6.07, 6.45) is -1.15. The maximum atomic E-state index is 11.9. The fourth-order valence-electron chi connectivity index (χ4n) is 2.76. The Bertz CT molecular complexity index is 234. The maximum Gasteiger partial charge on any atom is 0.390 e. The van der Waals surface area contributed by atoms with Crippen molar-refractivity contribution in [1.29, 1.82) is 0 Å². The van der Waals surface area contributed by atoms with Gasteiger partial charge in [0.1, 0.15) is 0 Å². The zero-order valence-corrected chi connectivity index (χ0v) is 9.37. The topological polar surface area (TPSA) is 24.1 Å². The molecule has 1 aliphatic heterocycles. The molecule has 2 N–H and O–H groups in total. The van der Waals surface area contributed by atoms with E-state index in [9.17, 15) is 13.2 Å². The van der Waals surface area contributed by atoms with Crippen LogP contribution in [0, 0.1) is 11.3 Å². The van der Waals surface area contributed by atoms with Crippen LogP contribution < -0.4 is 10.6 Å². The van der Waals surface area contributed by atoms with E-state index in [1.54, 1.807) is 0 Å². The van der Waals surface area contributed by atoms with E-state index < -0.39 is 12.6 Å². The maximum absolute atomic E-state index is 11.9. The van der Waals surface area contributed by atoms with Crippen LogP contribution in [0.5, 0.6) is 0 Å². The van der Waals surface area contributed by atoms with Crippen molar-refractivity contribution in [3.8, 4) is 0 Å². The summed E-state index contributed by atoms with van der Waals surface area (Å²) in [5.74, 6) is 0.614. The Balaban J connectivity index is 1.59. The van der Waals surface area contributed by atoms with Gasteiger partial charge in [0.05, 0.1) is 6.42 Å². The highest BCUT2D eigenvalue weighted by Gasteiger charge is 2.53. The second kappa shape index (κ2) is 4.53. The molecule has 0 aromatic rings. The van der Waals surface area contributed by atoms with Crippen molar-refractivity contribution in [2.45, 2.75) is 31.9 Å². The predicted molar refractivity (Wildman–Crippen MR) is 56.2 cm³/mol. The lowest BCUT2D eigenvalue weighted by molar-refractivity contribution is -0.133. The van der Waals surface area contributed by atoms with Crippen molar-refractivity contribution in [1.82, 2.24) is 10.6 Å². The van der Waals surface area contributed by atoms with E-state index in [1.807, 2.05) is 0 Å². The van der Waals surface area contributed by atoms with E-state index in [1.165, 1.54) is 19.3 Å². The van der Waals surface area contributed by atoms with Crippen LogP contribution in [0.3, 0.4) is 0 Å². The third-order valence-corrected chi connectivity index (χ3v) is 3.93. The summed E-state index contributed by atoms with van der Waals surface area (Å²) in [6.45, 7) is 2.96. The smallest absolute Gasteiger partial charge is 0.317 e. The number of hydrogen-bond donors (Lipinski definition) is 2. The predicted octanol–water partition coefficient (Wildman–Crippen LogP) is 1.92. The molecule has 5 heteroatoms. The highest BCUT2D eigenvalue weighted by Crippen LogP contribution is 2.58. The minimum absolute atomic E-state index is 0.0638. The zero-order valence-electron chi connectivity index (χ0n) is 9.37. The van der Waals surface area contributed by atoms with Gasteiger partial charge in [-0.1, -0.05) is 0 Å². The van der Waals surface area contributed by atoms with Crippen molar-refractivity contribution >= 4 is 0 Å². The third kappa shape index (κ3) is 3.10. The first-order valence-electron chi connectivity index (χ1n) is 6.00. The first-order chi connectivity index (χ1) is 7.52. The summed E-state index contributed by atoms with van der Waals surface area (Å²) in [5.41, 5.74) is 0.469. The number of hydrogen-bond acceptors (Lipinski definition) is 2. The van der Waals surface area contributed by atoms with Crippen molar-refractivity contribution in [2.75, 3.05) is 26.2 Å². The quantitative estimate of drug-likeness (QED) is 0.729. The summed E-state index contributed by atoms with van der Waals surface area (Å²) >= 11 is 0. The van der Waals surface area contributed by atoms with Crippen LogP contribution in [0.15, 0.2) is 0 Å². The molecule has 0 bridgehead atoms. The summed E-state index contributed by atoms with van der Waals surface area (Å²) in [7, 11) is 0. The number of alkyl halides is 3. The molecule has 0 aromatic carbocycles. The SMILES string of the molecule is FC(F)(F)CCNCC1CC12CCNCC2. The molecule has 1 heterocycles. The summed E-state index contributed by atoms with van der Waals surface area (Å²) in [6, 6.07) is 0. The first kappa shape index (κ1) is 12.2. The number of rotatable bonds is 4. The number of halogens is 3. The third-order valence-electron chi connectivity index (χ3n) is 3.93. The summed E-state index contributed by atoms with van der Waals surface area (Å²) in [4.78, 5) is 0. The molecule has 1 unspecified atom stereocenters. The van der Waals surface area contributed by atoms with Gasteiger partial charge in [-0.3, -0.25) is 0 Å². The van der Waals surface area contributed by atoms with Gasteiger partial charge in [-0.25, -0.2) is 0 Å². The molecular weight excluding hydrogens is 217 g/mol. The van der Waals surface area contributed by atoms with Crippen LogP contribution in [-0.4, -0.2) is 32.4 Å². The van der Waals surface area contributed by atoms with Gasteiger partial charge in [0.15, 0.2) is 0 Å². The highest BCUT2D eigenvalue weighted by atomic mass is 19.4. The summed E-state index contributed by atoms with van der Waals surface area (Å²) in [5, 5.41) is 6.25. The van der Waals surface area contributed by atoms with Crippen LogP contribution in [-0.2, 0) is 0 Å². The molecule has 2 aliphatic rings. The second-order valence-electron chi connectivity index (χ2n) is 5.08. The Labute approximate surface area is 94.0 Å². The van der Waals surface area contributed by atoms with Crippen molar-refractivity contribution in [2.24, 2.45) is 11.3 Å². The van der Waals surface area contributed by atoms with Crippen LogP contribution in [0.2, 0.25) is 0 Å². The summed E-state index contributed by atoms with van der Waals surface area (Å²) < 4.78 is 35.7.